The van der Waals surface area contributed by atoms with Crippen molar-refractivity contribution in [1.82, 2.24) is 0 Å². The van der Waals surface area contributed by atoms with Crippen molar-refractivity contribution in [2.45, 2.75) is 19.1 Å². The third kappa shape index (κ3) is 3.10. The molecule has 5 heteroatoms. The molecule has 2 aromatic rings. The highest BCUT2D eigenvalue weighted by Crippen LogP contribution is 2.33. The van der Waals surface area contributed by atoms with Crippen LogP contribution in [0.15, 0.2) is 48.5 Å². The highest BCUT2D eigenvalue weighted by atomic mass is 127. The number of nitrogens with zero attached hydrogens (tertiary/aromatic N) is 1. The minimum atomic E-state index is -0.414. The van der Waals surface area contributed by atoms with Crippen LogP contribution >= 0.6 is 22.6 Å². The molecule has 4 nitrogen and oxygen atoms in total. The summed E-state index contributed by atoms with van der Waals surface area (Å²) in [5.41, 5.74) is 2.85. The molecule has 1 amide bonds. The Morgan fingerprint density at radius 1 is 1.27 bits per heavy atom. The topological polar surface area (TPSA) is 49.8 Å². The summed E-state index contributed by atoms with van der Waals surface area (Å²) >= 11 is 2.24. The molecular formula is C17H16INO3. The van der Waals surface area contributed by atoms with Crippen LogP contribution in [-0.4, -0.2) is 23.8 Å². The fraction of sp³-hybridized carbons (Fsp3) is 0.235. The van der Waals surface area contributed by atoms with Crippen molar-refractivity contribution in [3.8, 4) is 0 Å². The number of rotatable bonds is 3. The van der Waals surface area contributed by atoms with Crippen molar-refractivity contribution in [3.63, 3.8) is 0 Å². The van der Waals surface area contributed by atoms with Gasteiger partial charge in [-0.15, -0.1) is 0 Å². The summed E-state index contributed by atoms with van der Waals surface area (Å²) < 4.78 is 6.52. The fourth-order valence-electron chi connectivity index (χ4n) is 2.68. The van der Waals surface area contributed by atoms with Gasteiger partial charge in [-0.2, -0.15) is 0 Å². The third-order valence-corrected chi connectivity index (χ3v) is 4.41. The molecule has 0 aromatic heterocycles. The lowest BCUT2D eigenvalue weighted by atomic mass is 10.1. The summed E-state index contributed by atoms with van der Waals surface area (Å²) in [4.78, 5) is 14.0. The van der Waals surface area contributed by atoms with Crippen LogP contribution in [0.2, 0.25) is 0 Å². The van der Waals surface area contributed by atoms with Gasteiger partial charge in [0.1, 0.15) is 6.61 Å². The molecule has 0 saturated carbocycles. The monoisotopic (exact) mass is 409 g/mol. The Bertz CT molecular complexity index is 675. The van der Waals surface area contributed by atoms with Gasteiger partial charge in [0.2, 0.25) is 0 Å². The van der Waals surface area contributed by atoms with Crippen LogP contribution in [-0.2, 0) is 17.8 Å². The van der Waals surface area contributed by atoms with Gasteiger partial charge >= 0.3 is 6.09 Å². The molecule has 1 unspecified atom stereocenters. The lowest BCUT2D eigenvalue weighted by Crippen LogP contribution is -2.40. The number of carbonyl (C=O) groups excluding carboxylic acids is 1. The average molecular weight is 409 g/mol. The zero-order valence-corrected chi connectivity index (χ0v) is 14.1. The van der Waals surface area contributed by atoms with Crippen LogP contribution in [0.1, 0.15) is 11.1 Å². The van der Waals surface area contributed by atoms with Crippen LogP contribution < -0.4 is 4.90 Å². The Morgan fingerprint density at radius 3 is 2.77 bits per heavy atom. The van der Waals surface area contributed by atoms with E-state index in [9.17, 15) is 9.90 Å². The Kier molecular flexibility index (Phi) is 4.63. The average Bonchev–Trinajstić information content (AvgIpc) is 2.91. The second-order valence-electron chi connectivity index (χ2n) is 5.22. The van der Waals surface area contributed by atoms with Gasteiger partial charge in [0, 0.05) is 3.57 Å². The predicted molar refractivity (Wildman–Crippen MR) is 92.8 cm³/mol. The number of amides is 1. The van der Waals surface area contributed by atoms with Gasteiger partial charge < -0.3 is 9.84 Å². The molecule has 1 atom stereocenters. The number of anilines is 1. The van der Waals surface area contributed by atoms with E-state index in [2.05, 4.69) is 22.6 Å². The second kappa shape index (κ2) is 6.66. The van der Waals surface area contributed by atoms with Crippen LogP contribution in [0.4, 0.5) is 10.5 Å². The van der Waals surface area contributed by atoms with Crippen LogP contribution in [0.5, 0.6) is 0 Å². The van der Waals surface area contributed by atoms with Gasteiger partial charge in [-0.25, -0.2) is 4.79 Å². The number of hydrogen-bond acceptors (Lipinski definition) is 3. The summed E-state index contributed by atoms with van der Waals surface area (Å²) in [7, 11) is 0. The Labute approximate surface area is 142 Å². The second-order valence-corrected chi connectivity index (χ2v) is 6.47. The van der Waals surface area contributed by atoms with Crippen LogP contribution in [0.25, 0.3) is 0 Å². The standard InChI is InChI=1S/C17H16INO3/c18-14-6-7-16-13(8-14)9-15(10-20)19(16)17(21)22-11-12-4-2-1-3-5-12/h1-8,15,20H,9-11H2. The van der Waals surface area contributed by atoms with Crippen molar-refractivity contribution in [2.24, 2.45) is 0 Å². The van der Waals surface area contributed by atoms with Crippen LogP contribution in [0, 0.1) is 3.57 Å². The largest absolute Gasteiger partial charge is 0.444 e. The van der Waals surface area contributed by atoms with Gasteiger partial charge in [-0.3, -0.25) is 4.90 Å². The molecule has 114 valence electrons. The van der Waals surface area contributed by atoms with E-state index in [-0.39, 0.29) is 19.3 Å². The van der Waals surface area contributed by atoms with Crippen molar-refractivity contribution < 1.29 is 14.6 Å². The van der Waals surface area contributed by atoms with Crippen molar-refractivity contribution in [3.05, 3.63) is 63.2 Å². The normalized spacial score (nSPS) is 16.5. The molecule has 0 radical (unpaired) electrons. The molecule has 1 heterocycles. The Morgan fingerprint density at radius 2 is 2.05 bits per heavy atom. The smallest absolute Gasteiger partial charge is 0.414 e. The number of halogens is 1. The number of hydrogen-bond donors (Lipinski definition) is 1. The predicted octanol–water partition coefficient (Wildman–Crippen LogP) is 3.35. The van der Waals surface area contributed by atoms with Crippen molar-refractivity contribution in [1.29, 1.82) is 0 Å². The summed E-state index contributed by atoms with van der Waals surface area (Å²) in [6.45, 7) is 0.152. The zero-order valence-electron chi connectivity index (χ0n) is 11.9. The minimum Gasteiger partial charge on any atom is -0.444 e. The Balaban J connectivity index is 1.76. The van der Waals surface area contributed by atoms with E-state index in [1.54, 1.807) is 4.90 Å². The van der Waals surface area contributed by atoms with E-state index in [1.165, 1.54) is 0 Å². The third-order valence-electron chi connectivity index (χ3n) is 3.73. The van der Waals surface area contributed by atoms with E-state index < -0.39 is 6.09 Å². The zero-order chi connectivity index (χ0) is 15.5. The van der Waals surface area contributed by atoms with Crippen molar-refractivity contribution >= 4 is 34.4 Å². The van der Waals surface area contributed by atoms with E-state index in [0.717, 1.165) is 20.4 Å². The highest BCUT2D eigenvalue weighted by Gasteiger charge is 2.34. The molecule has 3 rings (SSSR count). The molecule has 1 aliphatic rings. The molecule has 0 fully saturated rings. The summed E-state index contributed by atoms with van der Waals surface area (Å²) in [5.74, 6) is 0. The maximum Gasteiger partial charge on any atom is 0.414 e. The number of aliphatic hydroxyl groups excluding tert-OH is 1. The van der Waals surface area contributed by atoms with Gasteiger partial charge in [0.25, 0.3) is 0 Å². The molecule has 2 aromatic carbocycles. The first kappa shape index (κ1) is 15.3. The van der Waals surface area contributed by atoms with Gasteiger partial charge in [0.05, 0.1) is 18.3 Å². The van der Waals surface area contributed by atoms with E-state index in [4.69, 9.17) is 4.74 Å². The SMILES string of the molecule is O=C(OCc1ccccc1)N1c2ccc(I)cc2CC1CO. The molecule has 0 aliphatic carbocycles. The lowest BCUT2D eigenvalue weighted by Gasteiger charge is -2.23. The molecule has 0 spiro atoms. The molecular weight excluding hydrogens is 393 g/mol. The highest BCUT2D eigenvalue weighted by molar-refractivity contribution is 14.1. The lowest BCUT2D eigenvalue weighted by molar-refractivity contribution is 0.141. The molecule has 0 bridgehead atoms. The first-order valence-corrected chi connectivity index (χ1v) is 8.16. The summed E-state index contributed by atoms with van der Waals surface area (Å²) in [6.07, 6.45) is 0.242. The number of ether oxygens (including phenoxy) is 1. The summed E-state index contributed by atoms with van der Waals surface area (Å²) in [5, 5.41) is 9.56. The number of aliphatic hydroxyl groups is 1. The first-order valence-electron chi connectivity index (χ1n) is 7.08. The van der Waals surface area contributed by atoms with E-state index in [1.807, 2.05) is 48.5 Å². The summed E-state index contributed by atoms with van der Waals surface area (Å²) in [6, 6.07) is 15.2. The number of benzene rings is 2. The first-order chi connectivity index (χ1) is 10.7. The molecule has 22 heavy (non-hydrogen) atoms. The van der Waals surface area contributed by atoms with Gasteiger partial charge in [-0.1, -0.05) is 30.3 Å². The maximum absolute atomic E-state index is 12.4. The van der Waals surface area contributed by atoms with Gasteiger partial charge in [-0.05, 0) is 58.3 Å². The maximum atomic E-state index is 12.4. The number of fused-ring (bicyclic) bond motifs is 1. The molecule has 0 saturated heterocycles. The quantitative estimate of drug-likeness (QED) is 0.792. The molecule has 1 aliphatic heterocycles. The van der Waals surface area contributed by atoms with Crippen LogP contribution in [0.3, 0.4) is 0 Å². The van der Waals surface area contributed by atoms with E-state index in [0.29, 0.717) is 6.42 Å². The van der Waals surface area contributed by atoms with Gasteiger partial charge in [0.15, 0.2) is 0 Å². The van der Waals surface area contributed by atoms with Crippen molar-refractivity contribution in [2.75, 3.05) is 11.5 Å². The molecule has 1 N–H and O–H groups in total. The number of carbonyl (C=O) groups is 1. The Hall–Kier alpha value is -1.60. The van der Waals surface area contributed by atoms with E-state index >= 15 is 0 Å². The fourth-order valence-corrected chi connectivity index (χ4v) is 3.23. The minimum absolute atomic E-state index is 0.0777.